The van der Waals surface area contributed by atoms with Crippen molar-refractivity contribution < 1.29 is 19.7 Å². The molecule has 0 aromatic heterocycles. The molecule has 0 aliphatic carbocycles. The molecule has 1 aromatic carbocycles. The fourth-order valence-corrected chi connectivity index (χ4v) is 2.62. The number of nitrogens with zero attached hydrogens (tertiary/aromatic N) is 1. The number of aromatic hydroxyl groups is 1. The maximum absolute atomic E-state index is 12.5. The number of hydrogen-bond donors (Lipinski definition) is 2. The molecule has 1 atom stereocenters. The lowest BCUT2D eigenvalue weighted by Gasteiger charge is -2.42. The molecular weight excluding hydrogens is 326 g/mol. The molecule has 0 saturated carbocycles. The van der Waals surface area contributed by atoms with Gasteiger partial charge in [0, 0.05) is 18.7 Å². The Kier molecular flexibility index (Phi) is 4.36. The van der Waals surface area contributed by atoms with Gasteiger partial charge in [-0.3, -0.25) is 4.79 Å². The standard InChI is InChI=1S/C14H18BrNO4/c1-14(2)8-16(6-10(7-17)20-14)13(19)9-3-4-11(15)12(18)5-9/h3-5,10,17-18H,6-8H2,1-2H3. The van der Waals surface area contributed by atoms with Crippen molar-refractivity contribution in [3.05, 3.63) is 28.2 Å². The monoisotopic (exact) mass is 343 g/mol. The summed E-state index contributed by atoms with van der Waals surface area (Å²) in [6.07, 6.45) is -0.383. The molecule has 0 bridgehead atoms. The van der Waals surface area contributed by atoms with Crippen molar-refractivity contribution in [2.75, 3.05) is 19.7 Å². The van der Waals surface area contributed by atoms with E-state index in [9.17, 15) is 15.0 Å². The molecule has 0 spiro atoms. The Morgan fingerprint density at radius 2 is 2.25 bits per heavy atom. The molecule has 1 aromatic rings. The number of ether oxygens (including phenoxy) is 1. The Balaban J connectivity index is 2.21. The summed E-state index contributed by atoms with van der Waals surface area (Å²) in [7, 11) is 0. The first-order chi connectivity index (χ1) is 9.32. The van der Waals surface area contributed by atoms with Gasteiger partial charge in [-0.1, -0.05) is 0 Å². The molecule has 6 heteroatoms. The number of benzene rings is 1. The molecule has 2 N–H and O–H groups in total. The van der Waals surface area contributed by atoms with Crippen LogP contribution in [0.2, 0.25) is 0 Å². The molecule has 1 amide bonds. The van der Waals surface area contributed by atoms with Crippen LogP contribution in [-0.2, 0) is 4.74 Å². The fourth-order valence-electron chi connectivity index (χ4n) is 2.37. The van der Waals surface area contributed by atoms with Crippen LogP contribution in [0, 0.1) is 0 Å². The highest BCUT2D eigenvalue weighted by molar-refractivity contribution is 9.10. The highest BCUT2D eigenvalue weighted by Gasteiger charge is 2.35. The number of aliphatic hydroxyl groups excluding tert-OH is 1. The van der Waals surface area contributed by atoms with Crippen molar-refractivity contribution in [3.8, 4) is 5.75 Å². The summed E-state index contributed by atoms with van der Waals surface area (Å²) in [5.74, 6) is -0.148. The van der Waals surface area contributed by atoms with Gasteiger partial charge in [-0.25, -0.2) is 0 Å². The van der Waals surface area contributed by atoms with Crippen molar-refractivity contribution in [2.45, 2.75) is 25.6 Å². The fraction of sp³-hybridized carbons (Fsp3) is 0.500. The second kappa shape index (κ2) is 5.71. The molecule has 1 saturated heterocycles. The van der Waals surface area contributed by atoms with Crippen molar-refractivity contribution in [2.24, 2.45) is 0 Å². The summed E-state index contributed by atoms with van der Waals surface area (Å²) < 4.78 is 6.23. The Morgan fingerprint density at radius 3 is 2.85 bits per heavy atom. The zero-order chi connectivity index (χ0) is 14.9. The smallest absolute Gasteiger partial charge is 0.254 e. The van der Waals surface area contributed by atoms with Crippen LogP contribution in [0.25, 0.3) is 0 Å². The number of hydrogen-bond acceptors (Lipinski definition) is 4. The molecule has 20 heavy (non-hydrogen) atoms. The van der Waals surface area contributed by atoms with Gasteiger partial charge in [-0.2, -0.15) is 0 Å². The summed E-state index contributed by atoms with van der Waals surface area (Å²) in [5, 5.41) is 18.9. The van der Waals surface area contributed by atoms with Gasteiger partial charge in [-0.05, 0) is 48.0 Å². The Morgan fingerprint density at radius 1 is 1.55 bits per heavy atom. The number of phenolic OH excluding ortho intramolecular Hbond substituents is 1. The van der Waals surface area contributed by atoms with Crippen LogP contribution in [0.15, 0.2) is 22.7 Å². The third-order valence-corrected chi connectivity index (χ3v) is 3.84. The number of amides is 1. The molecule has 5 nitrogen and oxygen atoms in total. The molecule has 2 rings (SSSR count). The Hall–Kier alpha value is -1.11. The average molecular weight is 344 g/mol. The SMILES string of the molecule is CC1(C)CN(C(=O)c2ccc(Br)c(O)c2)CC(CO)O1. The summed E-state index contributed by atoms with van der Waals surface area (Å²) in [4.78, 5) is 14.1. The number of carbonyl (C=O) groups excluding carboxylic acids is 1. The van der Waals surface area contributed by atoms with E-state index in [-0.39, 0.29) is 24.4 Å². The van der Waals surface area contributed by atoms with Gasteiger partial charge in [0.1, 0.15) is 5.75 Å². The van der Waals surface area contributed by atoms with Crippen LogP contribution in [0.4, 0.5) is 0 Å². The van der Waals surface area contributed by atoms with E-state index in [2.05, 4.69) is 15.9 Å². The van der Waals surface area contributed by atoms with Crippen LogP contribution in [0.1, 0.15) is 24.2 Å². The van der Waals surface area contributed by atoms with Crippen molar-refractivity contribution >= 4 is 21.8 Å². The number of carbonyl (C=O) groups is 1. The molecule has 1 aliphatic rings. The van der Waals surface area contributed by atoms with Crippen LogP contribution in [-0.4, -0.2) is 52.4 Å². The normalized spacial score (nSPS) is 21.8. The minimum atomic E-state index is -0.501. The predicted molar refractivity (Wildman–Crippen MR) is 77.7 cm³/mol. The lowest BCUT2D eigenvalue weighted by Crippen LogP contribution is -2.55. The van der Waals surface area contributed by atoms with E-state index in [1.54, 1.807) is 17.0 Å². The number of aliphatic hydroxyl groups is 1. The molecule has 1 aliphatic heterocycles. The lowest BCUT2D eigenvalue weighted by molar-refractivity contribution is -0.139. The van der Waals surface area contributed by atoms with Crippen molar-refractivity contribution in [3.63, 3.8) is 0 Å². The quantitative estimate of drug-likeness (QED) is 0.858. The van der Waals surface area contributed by atoms with E-state index in [1.807, 2.05) is 13.8 Å². The van der Waals surface area contributed by atoms with E-state index < -0.39 is 5.60 Å². The highest BCUT2D eigenvalue weighted by Crippen LogP contribution is 2.27. The molecule has 0 radical (unpaired) electrons. The van der Waals surface area contributed by atoms with Gasteiger partial charge in [-0.15, -0.1) is 0 Å². The van der Waals surface area contributed by atoms with Gasteiger partial charge in [0.2, 0.25) is 0 Å². The zero-order valence-electron chi connectivity index (χ0n) is 11.5. The maximum Gasteiger partial charge on any atom is 0.254 e. The van der Waals surface area contributed by atoms with E-state index >= 15 is 0 Å². The Labute approximate surface area is 126 Å². The number of halogens is 1. The zero-order valence-corrected chi connectivity index (χ0v) is 13.1. The van der Waals surface area contributed by atoms with Crippen LogP contribution in [0.5, 0.6) is 5.75 Å². The molecule has 1 fully saturated rings. The number of morpholine rings is 1. The van der Waals surface area contributed by atoms with E-state index in [0.29, 0.717) is 23.1 Å². The molecule has 110 valence electrons. The average Bonchev–Trinajstić information content (AvgIpc) is 2.39. The maximum atomic E-state index is 12.5. The summed E-state index contributed by atoms with van der Waals surface area (Å²) in [6.45, 7) is 4.43. The highest BCUT2D eigenvalue weighted by atomic mass is 79.9. The van der Waals surface area contributed by atoms with Crippen molar-refractivity contribution in [1.29, 1.82) is 0 Å². The third-order valence-electron chi connectivity index (χ3n) is 3.17. The minimum Gasteiger partial charge on any atom is -0.507 e. The summed E-state index contributed by atoms with van der Waals surface area (Å²) in [5.41, 5.74) is -0.0845. The van der Waals surface area contributed by atoms with Crippen LogP contribution >= 0.6 is 15.9 Å². The Bertz CT molecular complexity index is 518. The van der Waals surface area contributed by atoms with Gasteiger partial charge in [0.05, 0.1) is 22.8 Å². The molecular formula is C14H18BrNO4. The summed E-state index contributed by atoms with van der Waals surface area (Å²) >= 11 is 3.19. The number of rotatable bonds is 2. The van der Waals surface area contributed by atoms with Gasteiger partial charge in [0.15, 0.2) is 0 Å². The first-order valence-corrected chi connectivity index (χ1v) is 7.18. The third kappa shape index (κ3) is 3.31. The second-order valence-corrected chi connectivity index (χ2v) is 6.39. The van der Waals surface area contributed by atoms with E-state index in [0.717, 1.165) is 0 Å². The molecule has 1 unspecified atom stereocenters. The largest absolute Gasteiger partial charge is 0.507 e. The van der Waals surface area contributed by atoms with Crippen LogP contribution in [0.3, 0.4) is 0 Å². The topological polar surface area (TPSA) is 70.0 Å². The van der Waals surface area contributed by atoms with E-state index in [4.69, 9.17) is 4.74 Å². The first-order valence-electron chi connectivity index (χ1n) is 6.39. The van der Waals surface area contributed by atoms with Crippen molar-refractivity contribution in [1.82, 2.24) is 4.90 Å². The molecule has 1 heterocycles. The van der Waals surface area contributed by atoms with E-state index in [1.165, 1.54) is 6.07 Å². The van der Waals surface area contributed by atoms with Gasteiger partial charge in [0.25, 0.3) is 5.91 Å². The summed E-state index contributed by atoms with van der Waals surface area (Å²) in [6, 6.07) is 4.73. The van der Waals surface area contributed by atoms with Crippen LogP contribution < -0.4 is 0 Å². The van der Waals surface area contributed by atoms with Gasteiger partial charge < -0.3 is 19.8 Å². The van der Waals surface area contributed by atoms with Gasteiger partial charge >= 0.3 is 0 Å². The first kappa shape index (κ1) is 15.3. The predicted octanol–water partition coefficient (Wildman–Crippen LogP) is 1.77. The second-order valence-electron chi connectivity index (χ2n) is 5.53. The minimum absolute atomic E-state index is 0.0297. The number of phenols is 1. The lowest BCUT2D eigenvalue weighted by atomic mass is 10.0.